The van der Waals surface area contributed by atoms with Gasteiger partial charge in [-0.25, -0.2) is 9.97 Å². The largest absolute Gasteiger partial charge is 0.373 e. The average molecular weight is 335 g/mol. The Morgan fingerprint density at radius 1 is 1.15 bits per heavy atom. The van der Waals surface area contributed by atoms with Crippen LogP contribution in [-0.2, 0) is 0 Å². The Morgan fingerprint density at radius 3 is 2.50 bits per heavy atom. The lowest BCUT2D eigenvalue weighted by atomic mass is 10.0. The average Bonchev–Trinajstić information content (AvgIpc) is 2.42. The molecule has 0 spiro atoms. The van der Waals surface area contributed by atoms with Crippen LogP contribution in [0.25, 0.3) is 0 Å². The van der Waals surface area contributed by atoms with E-state index in [4.69, 9.17) is 0 Å². The van der Waals surface area contributed by atoms with Crippen molar-refractivity contribution in [2.45, 2.75) is 26.7 Å². The van der Waals surface area contributed by atoms with Gasteiger partial charge >= 0.3 is 0 Å². The zero-order chi connectivity index (χ0) is 14.7. The quantitative estimate of drug-likeness (QED) is 0.866. The maximum absolute atomic E-state index is 4.39. The minimum Gasteiger partial charge on any atom is -0.373 e. The summed E-state index contributed by atoms with van der Waals surface area (Å²) in [5.41, 5.74) is 3.29. The van der Waals surface area contributed by atoms with E-state index in [1.807, 2.05) is 13.1 Å². The normalized spacial score (nSPS) is 10.7. The zero-order valence-electron chi connectivity index (χ0n) is 12.2. The van der Waals surface area contributed by atoms with Crippen molar-refractivity contribution in [1.82, 2.24) is 9.97 Å². The van der Waals surface area contributed by atoms with Gasteiger partial charge in [0.2, 0.25) is 0 Å². The molecule has 0 amide bonds. The highest BCUT2D eigenvalue weighted by molar-refractivity contribution is 9.10. The first-order valence-corrected chi connectivity index (χ1v) is 7.38. The second kappa shape index (κ2) is 6.22. The van der Waals surface area contributed by atoms with E-state index in [1.54, 1.807) is 6.33 Å². The van der Waals surface area contributed by atoms with Crippen molar-refractivity contribution in [2.75, 3.05) is 17.7 Å². The van der Waals surface area contributed by atoms with E-state index < -0.39 is 0 Å². The molecule has 2 N–H and O–H groups in total. The smallest absolute Gasteiger partial charge is 0.139 e. The number of benzene rings is 1. The molecule has 0 saturated carbocycles. The third-order valence-electron chi connectivity index (χ3n) is 3.07. The van der Waals surface area contributed by atoms with Gasteiger partial charge in [-0.2, -0.15) is 0 Å². The van der Waals surface area contributed by atoms with Gasteiger partial charge in [0.1, 0.15) is 18.0 Å². The molecule has 0 atom stereocenters. The highest BCUT2D eigenvalue weighted by Gasteiger charge is 2.15. The first kappa shape index (κ1) is 14.8. The van der Waals surface area contributed by atoms with E-state index in [2.05, 4.69) is 69.4 Å². The monoisotopic (exact) mass is 334 g/mol. The summed E-state index contributed by atoms with van der Waals surface area (Å²) in [6, 6.07) is 6.19. The number of nitrogens with one attached hydrogen (secondary N) is 2. The molecular formula is C15H19BrN4. The molecular weight excluding hydrogens is 316 g/mol. The molecule has 0 fully saturated rings. The van der Waals surface area contributed by atoms with Crippen molar-refractivity contribution in [3.8, 4) is 0 Å². The van der Waals surface area contributed by atoms with Crippen molar-refractivity contribution in [3.05, 3.63) is 40.1 Å². The van der Waals surface area contributed by atoms with Gasteiger partial charge in [-0.3, -0.25) is 0 Å². The van der Waals surface area contributed by atoms with Crippen LogP contribution >= 0.6 is 15.9 Å². The maximum Gasteiger partial charge on any atom is 0.139 e. The maximum atomic E-state index is 4.39. The Labute approximate surface area is 128 Å². The molecule has 0 radical (unpaired) electrons. The van der Waals surface area contributed by atoms with E-state index >= 15 is 0 Å². The molecule has 20 heavy (non-hydrogen) atoms. The van der Waals surface area contributed by atoms with Crippen LogP contribution < -0.4 is 10.6 Å². The summed E-state index contributed by atoms with van der Waals surface area (Å²) in [6.07, 6.45) is 1.57. The second-order valence-corrected chi connectivity index (χ2v) is 5.85. The Morgan fingerprint density at radius 2 is 1.85 bits per heavy atom. The summed E-state index contributed by atoms with van der Waals surface area (Å²) in [4.78, 5) is 8.68. The molecule has 0 aliphatic carbocycles. The number of aryl methyl sites for hydroxylation is 1. The van der Waals surface area contributed by atoms with Crippen LogP contribution in [0.1, 0.15) is 30.9 Å². The second-order valence-electron chi connectivity index (χ2n) is 5.00. The summed E-state index contributed by atoms with van der Waals surface area (Å²) in [6.45, 7) is 6.34. The highest BCUT2D eigenvalue weighted by atomic mass is 79.9. The molecule has 0 aliphatic heterocycles. The molecule has 0 aliphatic rings. The number of aromatic nitrogens is 2. The van der Waals surface area contributed by atoms with Gasteiger partial charge in [0.25, 0.3) is 0 Å². The van der Waals surface area contributed by atoms with E-state index in [9.17, 15) is 0 Å². The first-order valence-electron chi connectivity index (χ1n) is 6.58. The molecule has 2 aromatic rings. The first-order chi connectivity index (χ1) is 9.52. The molecule has 5 heteroatoms. The molecule has 2 rings (SSSR count). The van der Waals surface area contributed by atoms with E-state index in [-0.39, 0.29) is 0 Å². The van der Waals surface area contributed by atoms with Crippen molar-refractivity contribution < 1.29 is 0 Å². The number of hydrogen-bond donors (Lipinski definition) is 2. The van der Waals surface area contributed by atoms with Crippen molar-refractivity contribution >= 4 is 33.3 Å². The van der Waals surface area contributed by atoms with Gasteiger partial charge in [0, 0.05) is 17.1 Å². The van der Waals surface area contributed by atoms with Gasteiger partial charge in [-0.1, -0.05) is 19.9 Å². The van der Waals surface area contributed by atoms with Crippen LogP contribution in [0, 0.1) is 6.92 Å². The van der Waals surface area contributed by atoms with Gasteiger partial charge < -0.3 is 10.6 Å². The predicted octanol–water partition coefficient (Wildman–Crippen LogP) is 4.46. The Bertz CT molecular complexity index is 611. The third-order valence-corrected chi connectivity index (χ3v) is 3.76. The van der Waals surface area contributed by atoms with Gasteiger partial charge in [0.15, 0.2) is 0 Å². The number of nitrogens with zero attached hydrogens (tertiary/aromatic N) is 2. The number of anilines is 3. The summed E-state index contributed by atoms with van der Waals surface area (Å²) in [7, 11) is 1.88. The molecule has 0 bridgehead atoms. The molecule has 1 heterocycles. The summed E-state index contributed by atoms with van der Waals surface area (Å²) >= 11 is 3.56. The third kappa shape index (κ3) is 3.10. The Hall–Kier alpha value is -1.62. The van der Waals surface area contributed by atoms with Crippen LogP contribution in [0.15, 0.2) is 29.0 Å². The van der Waals surface area contributed by atoms with Crippen LogP contribution in [0.2, 0.25) is 0 Å². The van der Waals surface area contributed by atoms with E-state index in [0.29, 0.717) is 5.92 Å². The standard InChI is InChI=1S/C15H19BrN4/c1-9(2)13-14(17-4)18-8-19-15(13)20-12-7-10(3)5-6-11(12)16/h5-9H,1-4H3,(H2,17,18,19,20). The van der Waals surface area contributed by atoms with Crippen molar-refractivity contribution in [1.29, 1.82) is 0 Å². The number of rotatable bonds is 4. The van der Waals surface area contributed by atoms with Crippen molar-refractivity contribution in [3.63, 3.8) is 0 Å². The minimum atomic E-state index is 0.324. The molecule has 0 saturated heterocycles. The Kier molecular flexibility index (Phi) is 4.60. The lowest BCUT2D eigenvalue weighted by molar-refractivity contribution is 0.852. The predicted molar refractivity (Wildman–Crippen MR) is 87.8 cm³/mol. The van der Waals surface area contributed by atoms with Crippen molar-refractivity contribution in [2.24, 2.45) is 0 Å². The van der Waals surface area contributed by atoms with E-state index in [0.717, 1.165) is 27.4 Å². The van der Waals surface area contributed by atoms with Crippen LogP contribution in [0.5, 0.6) is 0 Å². The lowest BCUT2D eigenvalue weighted by Crippen LogP contribution is -2.07. The lowest BCUT2D eigenvalue weighted by Gasteiger charge is -2.17. The Balaban J connectivity index is 2.45. The van der Waals surface area contributed by atoms with E-state index in [1.165, 1.54) is 5.56 Å². The molecule has 1 aromatic carbocycles. The topological polar surface area (TPSA) is 49.8 Å². The van der Waals surface area contributed by atoms with Crippen LogP contribution in [0.4, 0.5) is 17.3 Å². The van der Waals surface area contributed by atoms with Gasteiger partial charge in [0.05, 0.1) is 5.69 Å². The number of halogens is 1. The molecule has 0 unspecified atom stereocenters. The molecule has 106 valence electrons. The summed E-state index contributed by atoms with van der Waals surface area (Å²) in [5, 5.41) is 6.53. The summed E-state index contributed by atoms with van der Waals surface area (Å²) in [5.74, 6) is 2.02. The van der Waals surface area contributed by atoms with Crippen LogP contribution in [0.3, 0.4) is 0 Å². The molecule has 4 nitrogen and oxygen atoms in total. The fourth-order valence-electron chi connectivity index (χ4n) is 2.10. The number of hydrogen-bond acceptors (Lipinski definition) is 4. The fourth-order valence-corrected chi connectivity index (χ4v) is 2.45. The summed E-state index contributed by atoms with van der Waals surface area (Å²) < 4.78 is 1.02. The van der Waals surface area contributed by atoms with Crippen LogP contribution in [-0.4, -0.2) is 17.0 Å². The highest BCUT2D eigenvalue weighted by Crippen LogP contribution is 2.32. The van der Waals surface area contributed by atoms with Gasteiger partial charge in [-0.05, 0) is 46.5 Å². The zero-order valence-corrected chi connectivity index (χ0v) is 13.7. The molecule has 1 aromatic heterocycles. The fraction of sp³-hybridized carbons (Fsp3) is 0.333. The minimum absolute atomic E-state index is 0.324. The van der Waals surface area contributed by atoms with Gasteiger partial charge in [-0.15, -0.1) is 0 Å². The SMILES string of the molecule is CNc1ncnc(Nc2cc(C)ccc2Br)c1C(C)C.